The fraction of sp³-hybridized carbons (Fsp3) is 0.0588. The molecule has 0 amide bonds. The van der Waals surface area contributed by atoms with E-state index in [2.05, 4.69) is 15.7 Å². The highest BCUT2D eigenvalue weighted by Gasteiger charge is 2.10. The van der Waals surface area contributed by atoms with Gasteiger partial charge in [-0.15, -0.1) is 0 Å². The molecule has 0 aliphatic rings. The molecule has 0 bridgehead atoms. The Morgan fingerprint density at radius 1 is 0.960 bits per heavy atom. The van der Waals surface area contributed by atoms with Crippen molar-refractivity contribution in [1.29, 1.82) is 0 Å². The van der Waals surface area contributed by atoms with Gasteiger partial charge >= 0.3 is 0 Å². The van der Waals surface area contributed by atoms with Crippen LogP contribution in [0.15, 0.2) is 54.7 Å². The van der Waals surface area contributed by atoms with E-state index in [-0.39, 0.29) is 0 Å². The molecule has 0 unspecified atom stereocenters. The summed E-state index contributed by atoms with van der Waals surface area (Å²) in [5.41, 5.74) is 1.84. The minimum atomic E-state index is 0.352. The quantitative estimate of drug-likeness (QED) is 0.540. The molecule has 0 aliphatic heterocycles. The Hall–Kier alpha value is -1.79. The first-order chi connectivity index (χ1) is 12.0. The zero-order valence-electron chi connectivity index (χ0n) is 12.8. The van der Waals surface area contributed by atoms with E-state index in [1.807, 2.05) is 30.3 Å². The lowest BCUT2D eigenvalue weighted by Gasteiger charge is -2.09. The van der Waals surface area contributed by atoms with Crippen molar-refractivity contribution in [3.63, 3.8) is 0 Å². The third kappa shape index (κ3) is 4.86. The van der Waals surface area contributed by atoms with Gasteiger partial charge in [-0.2, -0.15) is 5.10 Å². The Kier molecular flexibility index (Phi) is 5.81. The Morgan fingerprint density at radius 2 is 1.72 bits per heavy atom. The maximum Gasteiger partial charge on any atom is 0.176 e. The molecular weight excluding hydrogens is 399 g/mol. The van der Waals surface area contributed by atoms with Crippen LogP contribution in [0.25, 0.3) is 0 Å². The molecule has 3 rings (SSSR count). The predicted molar refractivity (Wildman–Crippen MR) is 109 cm³/mol. The summed E-state index contributed by atoms with van der Waals surface area (Å²) in [6.07, 6.45) is 1.75. The molecule has 1 aromatic heterocycles. The number of rotatable bonds is 4. The van der Waals surface area contributed by atoms with Crippen LogP contribution in [0.3, 0.4) is 0 Å². The molecule has 0 aliphatic carbocycles. The first-order valence-corrected chi connectivity index (χ1v) is 8.85. The minimum absolute atomic E-state index is 0.352. The van der Waals surface area contributed by atoms with Gasteiger partial charge < -0.3 is 10.6 Å². The number of nitrogens with zero attached hydrogens (tertiary/aromatic N) is 2. The maximum absolute atomic E-state index is 6.23. The summed E-state index contributed by atoms with van der Waals surface area (Å²) in [4.78, 5) is 0. The predicted octanol–water partition coefficient (Wildman–Crippen LogP) is 5.70. The van der Waals surface area contributed by atoms with Crippen molar-refractivity contribution in [2.45, 2.75) is 6.54 Å². The van der Waals surface area contributed by atoms with Gasteiger partial charge in [-0.25, -0.2) is 0 Å². The van der Waals surface area contributed by atoms with E-state index in [1.165, 1.54) is 0 Å². The van der Waals surface area contributed by atoms with Gasteiger partial charge in [-0.3, -0.25) is 4.68 Å². The number of anilines is 2. The third-order valence-electron chi connectivity index (χ3n) is 3.31. The van der Waals surface area contributed by atoms with E-state index in [9.17, 15) is 0 Å². The standard InChI is InChI=1S/C17H13Cl3N4S/c18-13-7-6-12(8-14(13)19)21-17(25)22-16-15(20)10-24(23-16)9-11-4-2-1-3-5-11/h1-8,10H,9H2,(H2,21,22,23,25). The van der Waals surface area contributed by atoms with Gasteiger partial charge in [0.25, 0.3) is 0 Å². The van der Waals surface area contributed by atoms with E-state index < -0.39 is 0 Å². The average Bonchev–Trinajstić information content (AvgIpc) is 2.91. The highest BCUT2D eigenvalue weighted by molar-refractivity contribution is 7.80. The molecule has 8 heteroatoms. The van der Waals surface area contributed by atoms with Gasteiger partial charge in [0.1, 0.15) is 5.02 Å². The molecular formula is C17H13Cl3N4S. The molecule has 128 valence electrons. The lowest BCUT2D eigenvalue weighted by Crippen LogP contribution is -2.19. The number of hydrogen-bond acceptors (Lipinski definition) is 2. The van der Waals surface area contributed by atoms with Crippen LogP contribution in [0.5, 0.6) is 0 Å². The van der Waals surface area contributed by atoms with E-state index in [1.54, 1.807) is 29.1 Å². The zero-order chi connectivity index (χ0) is 17.8. The van der Waals surface area contributed by atoms with Crippen molar-refractivity contribution in [2.75, 3.05) is 10.6 Å². The summed E-state index contributed by atoms with van der Waals surface area (Å²) >= 11 is 23.4. The fourth-order valence-electron chi connectivity index (χ4n) is 2.18. The maximum atomic E-state index is 6.23. The number of halogens is 3. The molecule has 2 N–H and O–H groups in total. The molecule has 3 aromatic rings. The Bertz CT molecular complexity index is 896. The minimum Gasteiger partial charge on any atom is -0.332 e. The molecule has 0 radical (unpaired) electrons. The molecule has 4 nitrogen and oxygen atoms in total. The molecule has 0 fully saturated rings. The highest BCUT2D eigenvalue weighted by Crippen LogP contribution is 2.25. The SMILES string of the molecule is S=C(Nc1ccc(Cl)c(Cl)c1)Nc1nn(Cc2ccccc2)cc1Cl. The van der Waals surface area contributed by atoms with Gasteiger partial charge in [0.15, 0.2) is 10.9 Å². The first kappa shape index (κ1) is 18.0. The lowest BCUT2D eigenvalue weighted by molar-refractivity contribution is 0.690. The Labute approximate surface area is 165 Å². The monoisotopic (exact) mass is 410 g/mol. The molecule has 0 atom stereocenters. The number of benzene rings is 2. The van der Waals surface area contributed by atoms with Crippen molar-refractivity contribution in [3.8, 4) is 0 Å². The number of aromatic nitrogens is 2. The van der Waals surface area contributed by atoms with Gasteiger partial charge in [0.2, 0.25) is 0 Å². The fourth-order valence-corrected chi connectivity index (χ4v) is 2.89. The van der Waals surface area contributed by atoms with Crippen LogP contribution in [0.4, 0.5) is 11.5 Å². The molecule has 0 saturated carbocycles. The molecule has 25 heavy (non-hydrogen) atoms. The van der Waals surface area contributed by atoms with Crippen LogP contribution >= 0.6 is 47.0 Å². The van der Waals surface area contributed by atoms with Crippen LogP contribution < -0.4 is 10.6 Å². The normalized spacial score (nSPS) is 10.5. The smallest absolute Gasteiger partial charge is 0.176 e. The van der Waals surface area contributed by atoms with Crippen molar-refractivity contribution >= 4 is 63.6 Å². The summed E-state index contributed by atoms with van der Waals surface area (Å²) in [7, 11) is 0. The second-order valence-electron chi connectivity index (χ2n) is 5.22. The van der Waals surface area contributed by atoms with Crippen molar-refractivity contribution < 1.29 is 0 Å². The van der Waals surface area contributed by atoms with Crippen LogP contribution in [0, 0.1) is 0 Å². The van der Waals surface area contributed by atoms with Gasteiger partial charge in [0.05, 0.1) is 16.6 Å². The van der Waals surface area contributed by atoms with Gasteiger partial charge in [0, 0.05) is 11.9 Å². The number of thiocarbonyl (C=S) groups is 1. The van der Waals surface area contributed by atoms with E-state index in [0.717, 1.165) is 5.56 Å². The van der Waals surface area contributed by atoms with Crippen LogP contribution in [-0.2, 0) is 6.54 Å². The molecule has 2 aromatic carbocycles. The third-order valence-corrected chi connectivity index (χ3v) is 4.53. The van der Waals surface area contributed by atoms with Crippen LogP contribution in [0.1, 0.15) is 5.56 Å². The summed E-state index contributed by atoms with van der Waals surface area (Å²) in [5, 5.41) is 12.2. The van der Waals surface area contributed by atoms with Crippen LogP contribution in [-0.4, -0.2) is 14.9 Å². The van der Waals surface area contributed by atoms with E-state index in [0.29, 0.717) is 38.2 Å². The Balaban J connectivity index is 1.66. The van der Waals surface area contributed by atoms with Crippen LogP contribution in [0.2, 0.25) is 15.1 Å². The molecule has 1 heterocycles. The summed E-state index contributed by atoms with van der Waals surface area (Å²) < 4.78 is 1.75. The number of hydrogen-bond donors (Lipinski definition) is 2. The summed E-state index contributed by atoms with van der Waals surface area (Å²) in [6.45, 7) is 0.620. The zero-order valence-corrected chi connectivity index (χ0v) is 15.9. The molecule has 0 saturated heterocycles. The van der Waals surface area contributed by atoms with E-state index >= 15 is 0 Å². The largest absolute Gasteiger partial charge is 0.332 e. The number of nitrogens with one attached hydrogen (secondary N) is 2. The van der Waals surface area contributed by atoms with E-state index in [4.69, 9.17) is 47.0 Å². The lowest BCUT2D eigenvalue weighted by atomic mass is 10.2. The Morgan fingerprint density at radius 3 is 2.44 bits per heavy atom. The average molecular weight is 412 g/mol. The van der Waals surface area contributed by atoms with Crippen molar-refractivity contribution in [3.05, 3.63) is 75.4 Å². The summed E-state index contributed by atoms with van der Waals surface area (Å²) in [5.74, 6) is 0.482. The highest BCUT2D eigenvalue weighted by atomic mass is 35.5. The van der Waals surface area contributed by atoms with Gasteiger partial charge in [-0.1, -0.05) is 65.1 Å². The summed E-state index contributed by atoms with van der Waals surface area (Å²) in [6, 6.07) is 15.1. The first-order valence-electron chi connectivity index (χ1n) is 7.31. The van der Waals surface area contributed by atoms with Crippen molar-refractivity contribution in [2.24, 2.45) is 0 Å². The molecule has 0 spiro atoms. The topological polar surface area (TPSA) is 41.9 Å². The van der Waals surface area contributed by atoms with Crippen molar-refractivity contribution in [1.82, 2.24) is 9.78 Å². The second-order valence-corrected chi connectivity index (χ2v) is 6.85. The van der Waals surface area contributed by atoms with Gasteiger partial charge in [-0.05, 0) is 36.0 Å². The second kappa shape index (κ2) is 8.06.